The molecule has 0 amide bonds. The van der Waals surface area contributed by atoms with Gasteiger partial charge in [0.25, 0.3) is 0 Å². The van der Waals surface area contributed by atoms with Crippen LogP contribution in [0, 0.1) is 5.92 Å². The van der Waals surface area contributed by atoms with Gasteiger partial charge in [0.15, 0.2) is 0 Å². The Kier molecular flexibility index (Phi) is 3.72. The summed E-state index contributed by atoms with van der Waals surface area (Å²) in [5.41, 5.74) is 0. The normalized spacial score (nSPS) is 30.1. The average molecular weight is 185 g/mol. The zero-order chi connectivity index (χ0) is 9.84. The van der Waals surface area contributed by atoms with Crippen LogP contribution >= 0.6 is 0 Å². The van der Waals surface area contributed by atoms with Crippen LogP contribution in [-0.2, 0) is 9.53 Å². The second-order valence-corrected chi connectivity index (χ2v) is 3.80. The minimum Gasteiger partial charge on any atom is -0.468 e. The van der Waals surface area contributed by atoms with E-state index in [-0.39, 0.29) is 12.0 Å². The molecule has 0 saturated carbocycles. The molecule has 1 saturated heterocycles. The Morgan fingerprint density at radius 2 is 2.31 bits per heavy atom. The molecule has 0 aromatic rings. The van der Waals surface area contributed by atoms with Gasteiger partial charge in [0, 0.05) is 0 Å². The van der Waals surface area contributed by atoms with Crippen molar-refractivity contribution in [2.75, 3.05) is 20.2 Å². The second kappa shape index (κ2) is 4.61. The van der Waals surface area contributed by atoms with Gasteiger partial charge in [0.05, 0.1) is 7.11 Å². The van der Waals surface area contributed by atoms with E-state index < -0.39 is 0 Å². The third-order valence-corrected chi connectivity index (χ3v) is 2.85. The molecule has 1 fully saturated rings. The van der Waals surface area contributed by atoms with Crippen molar-refractivity contribution < 1.29 is 9.53 Å². The van der Waals surface area contributed by atoms with Crippen LogP contribution in [-0.4, -0.2) is 37.1 Å². The van der Waals surface area contributed by atoms with Crippen molar-refractivity contribution in [2.45, 2.75) is 32.7 Å². The van der Waals surface area contributed by atoms with Crippen LogP contribution in [0.2, 0.25) is 0 Å². The third kappa shape index (κ3) is 2.44. The molecule has 76 valence electrons. The van der Waals surface area contributed by atoms with E-state index >= 15 is 0 Å². The Labute approximate surface area is 80.1 Å². The van der Waals surface area contributed by atoms with Crippen LogP contribution in [0.4, 0.5) is 0 Å². The predicted molar refractivity (Wildman–Crippen MR) is 51.4 cm³/mol. The molecule has 0 bridgehead atoms. The first-order chi connectivity index (χ1) is 6.19. The number of methoxy groups -OCH3 is 1. The first kappa shape index (κ1) is 10.5. The van der Waals surface area contributed by atoms with Gasteiger partial charge in [0.2, 0.25) is 0 Å². The zero-order valence-electron chi connectivity index (χ0n) is 8.75. The van der Waals surface area contributed by atoms with Crippen molar-refractivity contribution in [2.24, 2.45) is 5.92 Å². The summed E-state index contributed by atoms with van der Waals surface area (Å²) in [6.45, 7) is 6.25. The third-order valence-electron chi connectivity index (χ3n) is 2.85. The van der Waals surface area contributed by atoms with E-state index in [0.717, 1.165) is 19.5 Å². The first-order valence-electron chi connectivity index (χ1n) is 5.01. The zero-order valence-corrected chi connectivity index (χ0v) is 8.75. The van der Waals surface area contributed by atoms with E-state index in [2.05, 4.69) is 18.7 Å². The summed E-state index contributed by atoms with van der Waals surface area (Å²) in [6.07, 6.45) is 2.14. The number of hydrogen-bond acceptors (Lipinski definition) is 3. The van der Waals surface area contributed by atoms with Crippen molar-refractivity contribution in [3.05, 3.63) is 0 Å². The lowest BCUT2D eigenvalue weighted by atomic mass is 9.92. The van der Waals surface area contributed by atoms with Gasteiger partial charge in [-0.2, -0.15) is 0 Å². The lowest BCUT2D eigenvalue weighted by molar-refractivity contribution is -0.148. The van der Waals surface area contributed by atoms with E-state index in [0.29, 0.717) is 5.92 Å². The molecule has 0 aliphatic carbocycles. The summed E-state index contributed by atoms with van der Waals surface area (Å²) >= 11 is 0. The highest BCUT2D eigenvalue weighted by atomic mass is 16.5. The molecule has 2 unspecified atom stereocenters. The van der Waals surface area contributed by atoms with E-state index in [9.17, 15) is 4.79 Å². The fraction of sp³-hybridized carbons (Fsp3) is 0.900. The van der Waals surface area contributed by atoms with Crippen LogP contribution in [0.3, 0.4) is 0 Å². The molecule has 3 heteroatoms. The number of carbonyl (C=O) groups excluding carboxylic acids is 1. The molecule has 0 N–H and O–H groups in total. The summed E-state index contributed by atoms with van der Waals surface area (Å²) < 4.78 is 4.79. The number of piperidine rings is 1. The van der Waals surface area contributed by atoms with Crippen molar-refractivity contribution in [1.82, 2.24) is 4.90 Å². The van der Waals surface area contributed by atoms with Crippen LogP contribution in [0.25, 0.3) is 0 Å². The Bertz CT molecular complexity index is 182. The maximum atomic E-state index is 11.4. The van der Waals surface area contributed by atoms with Gasteiger partial charge in [-0.1, -0.05) is 13.8 Å². The molecular weight excluding hydrogens is 166 g/mol. The standard InChI is InChI=1S/C10H19NO2/c1-4-11-6-5-8(2)7-9(11)10(12)13-3/h8-9H,4-7H2,1-3H3. The van der Waals surface area contributed by atoms with Gasteiger partial charge in [-0.15, -0.1) is 0 Å². The lowest BCUT2D eigenvalue weighted by Crippen LogP contribution is -2.47. The van der Waals surface area contributed by atoms with Gasteiger partial charge in [-0.3, -0.25) is 9.69 Å². The van der Waals surface area contributed by atoms with Crippen molar-refractivity contribution in [3.63, 3.8) is 0 Å². The van der Waals surface area contributed by atoms with E-state index in [4.69, 9.17) is 4.74 Å². The van der Waals surface area contributed by atoms with Gasteiger partial charge < -0.3 is 4.74 Å². The van der Waals surface area contributed by atoms with Gasteiger partial charge in [-0.05, 0) is 31.8 Å². The maximum absolute atomic E-state index is 11.4. The summed E-state index contributed by atoms with van der Waals surface area (Å²) in [7, 11) is 1.47. The van der Waals surface area contributed by atoms with Gasteiger partial charge in [0.1, 0.15) is 6.04 Å². The molecular formula is C10H19NO2. The highest BCUT2D eigenvalue weighted by molar-refractivity contribution is 5.75. The molecule has 3 nitrogen and oxygen atoms in total. The number of likely N-dealkylation sites (N-methyl/N-ethyl adjacent to an activating group) is 1. The molecule has 0 aromatic heterocycles. The molecule has 1 heterocycles. The highest BCUT2D eigenvalue weighted by Gasteiger charge is 2.31. The van der Waals surface area contributed by atoms with Crippen LogP contribution < -0.4 is 0 Å². The summed E-state index contributed by atoms with van der Waals surface area (Å²) in [5, 5.41) is 0. The van der Waals surface area contributed by atoms with E-state index in [1.165, 1.54) is 13.5 Å². The molecule has 13 heavy (non-hydrogen) atoms. The summed E-state index contributed by atoms with van der Waals surface area (Å²) in [5.74, 6) is 0.570. The Balaban J connectivity index is 2.59. The number of likely N-dealkylation sites (tertiary alicyclic amines) is 1. The Hall–Kier alpha value is -0.570. The summed E-state index contributed by atoms with van der Waals surface area (Å²) in [4.78, 5) is 13.6. The fourth-order valence-corrected chi connectivity index (χ4v) is 1.95. The Morgan fingerprint density at radius 3 is 2.85 bits per heavy atom. The molecule has 0 spiro atoms. The summed E-state index contributed by atoms with van der Waals surface area (Å²) in [6, 6.07) is -0.00116. The molecule has 1 rings (SSSR count). The average Bonchev–Trinajstić information content (AvgIpc) is 2.16. The van der Waals surface area contributed by atoms with Crippen molar-refractivity contribution in [3.8, 4) is 0 Å². The molecule has 0 radical (unpaired) electrons. The quantitative estimate of drug-likeness (QED) is 0.607. The number of ether oxygens (including phenoxy) is 1. The minimum absolute atomic E-state index is 0.00116. The van der Waals surface area contributed by atoms with Crippen molar-refractivity contribution >= 4 is 5.97 Å². The molecule has 2 atom stereocenters. The smallest absolute Gasteiger partial charge is 0.323 e. The Morgan fingerprint density at radius 1 is 1.62 bits per heavy atom. The lowest BCUT2D eigenvalue weighted by Gasteiger charge is -2.35. The number of esters is 1. The van der Waals surface area contributed by atoms with Crippen LogP contribution in [0.15, 0.2) is 0 Å². The maximum Gasteiger partial charge on any atom is 0.323 e. The highest BCUT2D eigenvalue weighted by Crippen LogP contribution is 2.22. The van der Waals surface area contributed by atoms with E-state index in [1.807, 2.05) is 0 Å². The monoisotopic (exact) mass is 185 g/mol. The van der Waals surface area contributed by atoms with E-state index in [1.54, 1.807) is 0 Å². The fourth-order valence-electron chi connectivity index (χ4n) is 1.95. The van der Waals surface area contributed by atoms with Crippen LogP contribution in [0.1, 0.15) is 26.7 Å². The topological polar surface area (TPSA) is 29.5 Å². The molecule has 1 aliphatic heterocycles. The predicted octanol–water partition coefficient (Wildman–Crippen LogP) is 1.28. The van der Waals surface area contributed by atoms with Crippen molar-refractivity contribution in [1.29, 1.82) is 0 Å². The second-order valence-electron chi connectivity index (χ2n) is 3.80. The number of hydrogen-bond donors (Lipinski definition) is 0. The van der Waals surface area contributed by atoms with Gasteiger partial charge >= 0.3 is 5.97 Å². The largest absolute Gasteiger partial charge is 0.468 e. The van der Waals surface area contributed by atoms with Crippen LogP contribution in [0.5, 0.6) is 0 Å². The molecule has 0 aromatic carbocycles. The number of nitrogens with zero attached hydrogens (tertiary/aromatic N) is 1. The first-order valence-corrected chi connectivity index (χ1v) is 5.01. The number of carbonyl (C=O) groups is 1. The number of rotatable bonds is 2. The molecule has 1 aliphatic rings. The SMILES string of the molecule is CCN1CCC(C)CC1C(=O)OC. The van der Waals surface area contributed by atoms with Gasteiger partial charge in [-0.25, -0.2) is 0 Å². The minimum atomic E-state index is -0.0756.